The number of nitrogens with zero attached hydrogens (tertiary/aromatic N) is 2. The Morgan fingerprint density at radius 3 is 2.28 bits per heavy atom. The highest BCUT2D eigenvalue weighted by atomic mass is 32.2. The Labute approximate surface area is 274 Å². The molecule has 0 radical (unpaired) electrons. The van der Waals surface area contributed by atoms with E-state index < -0.39 is 23.7 Å². The van der Waals surface area contributed by atoms with Crippen LogP contribution in [0.25, 0.3) is 0 Å². The summed E-state index contributed by atoms with van der Waals surface area (Å²) in [6, 6.07) is 14.9. The van der Waals surface area contributed by atoms with Gasteiger partial charge in [-0.25, -0.2) is 4.79 Å². The molecule has 1 aromatic heterocycles. The fourth-order valence-electron chi connectivity index (χ4n) is 8.34. The number of imide groups is 1. The molecular weight excluding hydrogens is 625 g/mol. The number of thioether (sulfide) groups is 1. The van der Waals surface area contributed by atoms with Crippen LogP contribution >= 0.6 is 23.1 Å². The summed E-state index contributed by atoms with van der Waals surface area (Å²) >= 11 is 2.90. The second-order valence-electron chi connectivity index (χ2n) is 12.3. The summed E-state index contributed by atoms with van der Waals surface area (Å²) in [6.07, 6.45) is 0.787. The fourth-order valence-corrected chi connectivity index (χ4v) is 11.2. The molecule has 7 rings (SSSR count). The number of hydrogen-bond donors (Lipinski definition) is 2. The number of aromatic amines is 1. The first kappa shape index (κ1) is 30.7. The van der Waals surface area contributed by atoms with Crippen LogP contribution < -0.4 is 15.1 Å². The molecule has 2 saturated carbocycles. The number of carbonyl (C=O) groups excluding carboxylic acids is 4. The van der Waals surface area contributed by atoms with Gasteiger partial charge in [0.2, 0.25) is 17.7 Å². The molecule has 0 spiro atoms. The topological polar surface area (TPSA) is 129 Å². The van der Waals surface area contributed by atoms with E-state index in [2.05, 4.69) is 53.3 Å². The van der Waals surface area contributed by atoms with Gasteiger partial charge in [-0.1, -0.05) is 23.5 Å². The van der Waals surface area contributed by atoms with Crippen molar-refractivity contribution in [3.8, 4) is 0 Å². The summed E-state index contributed by atoms with van der Waals surface area (Å²) in [5, 5.41) is 3.71. The zero-order chi connectivity index (χ0) is 32.3. The molecule has 3 heterocycles. The molecule has 3 amide bonds. The Morgan fingerprint density at radius 1 is 0.957 bits per heavy atom. The third-order valence-electron chi connectivity index (χ3n) is 10.2. The van der Waals surface area contributed by atoms with Gasteiger partial charge in [0, 0.05) is 40.5 Å². The largest absolute Gasteiger partial charge is 0.462 e. The molecular formula is C34H36N4O6S2. The number of nitrogens with one attached hydrogen (secondary N) is 2. The van der Waals surface area contributed by atoms with Crippen LogP contribution in [0.5, 0.6) is 0 Å². The number of hydrogen-bond acceptors (Lipinski definition) is 9. The standard InChI is InChI=1S/C34H36N4O6S2/c1-4-37(5-2)20-13-9-17(10-14-20)24-25-21-15-22(28(25)45-30-29(24)46-34(43)36-30)27-26(21)31(40)38(32(27)41)16-23(39)35-19-11-7-18(8-12-19)33(42)44-6-3/h7-14,21-22,24-28H,4-6,15-16H2,1-3H3,(H,35,39)(H,36,43)/t21?,22?,24-,25?,26?,27?,28?/m1/s1. The van der Waals surface area contributed by atoms with Gasteiger partial charge >= 0.3 is 10.8 Å². The molecule has 6 unspecified atom stereocenters. The van der Waals surface area contributed by atoms with Gasteiger partial charge in [-0.2, -0.15) is 0 Å². The first-order valence-electron chi connectivity index (χ1n) is 15.9. The maximum atomic E-state index is 13.9. The molecule has 4 aliphatic rings. The fraction of sp³-hybridized carbons (Fsp3) is 0.441. The summed E-state index contributed by atoms with van der Waals surface area (Å²) < 4.78 is 5.00. The van der Waals surface area contributed by atoms with E-state index in [1.165, 1.54) is 11.3 Å². The highest BCUT2D eigenvalue weighted by molar-refractivity contribution is 8.00. The van der Waals surface area contributed by atoms with Crippen molar-refractivity contribution < 1.29 is 23.9 Å². The molecule has 2 aliphatic carbocycles. The number of anilines is 2. The first-order chi connectivity index (χ1) is 22.2. The molecule has 240 valence electrons. The van der Waals surface area contributed by atoms with Crippen LogP contribution in [0.4, 0.5) is 11.4 Å². The molecule has 1 saturated heterocycles. The molecule has 3 fully saturated rings. The van der Waals surface area contributed by atoms with Crippen LogP contribution in [-0.4, -0.2) is 65.1 Å². The predicted molar refractivity (Wildman–Crippen MR) is 176 cm³/mol. The molecule has 2 aliphatic heterocycles. The third-order valence-corrected chi connectivity index (χ3v) is 12.8. The van der Waals surface area contributed by atoms with Gasteiger partial charge in [0.25, 0.3) is 0 Å². The van der Waals surface area contributed by atoms with Crippen molar-refractivity contribution in [3.63, 3.8) is 0 Å². The van der Waals surface area contributed by atoms with Crippen LogP contribution in [-0.2, 0) is 19.1 Å². The van der Waals surface area contributed by atoms with E-state index in [-0.39, 0.29) is 58.8 Å². The van der Waals surface area contributed by atoms with Crippen LogP contribution in [0.2, 0.25) is 0 Å². The number of H-pyrrole nitrogens is 1. The molecule has 2 bridgehead atoms. The van der Waals surface area contributed by atoms with Gasteiger partial charge < -0.3 is 19.9 Å². The van der Waals surface area contributed by atoms with Crippen LogP contribution in [0.15, 0.2) is 58.4 Å². The molecule has 10 nitrogen and oxygen atoms in total. The number of likely N-dealkylation sites (tertiary alicyclic amines) is 1. The maximum Gasteiger partial charge on any atom is 0.338 e. The highest BCUT2D eigenvalue weighted by Crippen LogP contribution is 2.68. The highest BCUT2D eigenvalue weighted by Gasteiger charge is 2.69. The second kappa shape index (κ2) is 12.0. The molecule has 7 atom stereocenters. The Kier molecular flexibility index (Phi) is 8.04. The predicted octanol–water partition coefficient (Wildman–Crippen LogP) is 4.57. The number of thiazole rings is 1. The Balaban J connectivity index is 1.12. The number of benzene rings is 2. The van der Waals surface area contributed by atoms with Crippen molar-refractivity contribution >= 4 is 58.2 Å². The number of fused-ring (bicyclic) bond motifs is 9. The lowest BCUT2D eigenvalue weighted by molar-refractivity contribution is -0.143. The molecule has 2 N–H and O–H groups in total. The summed E-state index contributed by atoms with van der Waals surface area (Å²) in [6.45, 7) is 7.71. The van der Waals surface area contributed by atoms with E-state index in [0.717, 1.165) is 45.6 Å². The summed E-state index contributed by atoms with van der Waals surface area (Å²) in [5.41, 5.74) is 3.08. The van der Waals surface area contributed by atoms with E-state index in [0.29, 0.717) is 11.3 Å². The monoisotopic (exact) mass is 660 g/mol. The number of aromatic nitrogens is 1. The number of carbonyl (C=O) groups is 4. The lowest BCUT2D eigenvalue weighted by Crippen LogP contribution is -2.42. The molecule has 3 aromatic rings. The Morgan fingerprint density at radius 2 is 1.63 bits per heavy atom. The minimum absolute atomic E-state index is 0.0149. The van der Waals surface area contributed by atoms with Crippen LogP contribution in [0.3, 0.4) is 0 Å². The smallest absolute Gasteiger partial charge is 0.338 e. The van der Waals surface area contributed by atoms with Crippen molar-refractivity contribution in [1.82, 2.24) is 9.88 Å². The lowest BCUT2D eigenvalue weighted by Gasteiger charge is -2.43. The summed E-state index contributed by atoms with van der Waals surface area (Å²) in [7, 11) is 0. The number of esters is 1. The molecule has 2 aromatic carbocycles. The van der Waals surface area contributed by atoms with E-state index in [1.807, 2.05) is 0 Å². The SMILES string of the molecule is CCOC(=O)c1ccc(NC(=O)CN2C(=O)C3C4CC(C3C2=O)C2C4Sc3[nH]c(=O)sc3[C@@H]2c2ccc(N(CC)CC)cc2)cc1. The number of rotatable bonds is 9. The Hall–Kier alpha value is -3.90. The summed E-state index contributed by atoms with van der Waals surface area (Å²) in [5.74, 6) is -2.40. The minimum atomic E-state index is -0.476. The Bertz CT molecular complexity index is 1750. The summed E-state index contributed by atoms with van der Waals surface area (Å²) in [4.78, 5) is 72.7. The quantitative estimate of drug-likeness (QED) is 0.252. The van der Waals surface area contributed by atoms with Crippen LogP contribution in [0, 0.1) is 29.6 Å². The van der Waals surface area contributed by atoms with Crippen molar-refractivity contribution in [1.29, 1.82) is 0 Å². The van der Waals surface area contributed by atoms with Gasteiger partial charge in [-0.3, -0.25) is 24.1 Å². The van der Waals surface area contributed by atoms with Gasteiger partial charge in [0.15, 0.2) is 0 Å². The van der Waals surface area contributed by atoms with Crippen molar-refractivity contribution in [2.45, 2.75) is 43.4 Å². The number of amides is 3. The van der Waals surface area contributed by atoms with Gasteiger partial charge in [0.1, 0.15) is 6.54 Å². The zero-order valence-electron chi connectivity index (χ0n) is 25.9. The van der Waals surface area contributed by atoms with E-state index in [4.69, 9.17) is 4.74 Å². The minimum Gasteiger partial charge on any atom is -0.462 e. The van der Waals surface area contributed by atoms with Gasteiger partial charge in [0.05, 0.1) is 29.0 Å². The van der Waals surface area contributed by atoms with Crippen molar-refractivity contribution in [2.24, 2.45) is 29.6 Å². The molecule has 46 heavy (non-hydrogen) atoms. The normalized spacial score (nSPS) is 27.3. The van der Waals surface area contributed by atoms with E-state index >= 15 is 0 Å². The van der Waals surface area contributed by atoms with Crippen molar-refractivity contribution in [2.75, 3.05) is 36.5 Å². The lowest BCUT2D eigenvalue weighted by atomic mass is 9.68. The van der Waals surface area contributed by atoms with E-state index in [9.17, 15) is 24.0 Å². The molecule has 12 heteroatoms. The number of ether oxygens (including phenoxy) is 1. The van der Waals surface area contributed by atoms with Gasteiger partial charge in [-0.05, 0) is 86.9 Å². The van der Waals surface area contributed by atoms with Crippen molar-refractivity contribution in [3.05, 3.63) is 74.2 Å². The average Bonchev–Trinajstić information content (AvgIpc) is 3.78. The van der Waals surface area contributed by atoms with Crippen LogP contribution in [0.1, 0.15) is 53.9 Å². The van der Waals surface area contributed by atoms with E-state index in [1.54, 1.807) is 43.0 Å². The maximum absolute atomic E-state index is 13.9. The second-order valence-corrected chi connectivity index (χ2v) is 14.5. The first-order valence-corrected chi connectivity index (χ1v) is 17.6. The third kappa shape index (κ3) is 4.97. The zero-order valence-corrected chi connectivity index (χ0v) is 27.5. The average molecular weight is 661 g/mol. The van der Waals surface area contributed by atoms with Gasteiger partial charge in [-0.15, -0.1) is 11.8 Å².